The molecule has 8 aliphatic rings. The largest absolute Gasteiger partial charge is 0.446 e. The number of rotatable bonds is 44. The molecular weight excluding hydrogens is 1210 g/mol. The van der Waals surface area contributed by atoms with Crippen LogP contribution in [0.25, 0.3) is 0 Å². The lowest BCUT2D eigenvalue weighted by Gasteiger charge is -2.58. The van der Waals surface area contributed by atoms with Crippen LogP contribution < -0.4 is 44.2 Å². The molecule has 6 saturated carbocycles. The Kier molecular flexibility index (Phi) is 36.1. The zero-order valence-electron chi connectivity index (χ0n) is 65.4. The molecular formula is C84H158N10O4. The number of nitrogens with two attached hydrogens (primary N) is 4. The molecule has 14 heteroatoms. The molecule has 2 amide bonds. The monoisotopic (exact) mass is 1370 g/mol. The van der Waals surface area contributed by atoms with Gasteiger partial charge in [0, 0.05) is 39.0 Å². The van der Waals surface area contributed by atoms with E-state index < -0.39 is 0 Å². The SMILES string of the molecule is CC(C)CCC[C@@H](C)[C@H]1CCC2C3CC=C4CC(OC(=O)N(CCCCNCCCN)CCCCNCCCN)CC[C@]4(C)C3CC[C@@]21C.CC(C)CCC[C@@H](C)[C@H]1CCC2C3CC=C4CC(OC(=O)N(CCCCNCCCN)CCCCNCCCN)CC[C@]4(C)C3CC[C@@]21C. The van der Waals surface area contributed by atoms with Crippen LogP contribution in [0.3, 0.4) is 0 Å². The molecule has 6 fully saturated rings. The van der Waals surface area contributed by atoms with E-state index in [1.54, 1.807) is 11.1 Å². The third-order valence-electron chi connectivity index (χ3n) is 27.9. The van der Waals surface area contributed by atoms with Gasteiger partial charge in [0.25, 0.3) is 0 Å². The van der Waals surface area contributed by atoms with E-state index in [1.165, 1.54) is 116 Å². The normalized spacial score (nSPS) is 31.5. The first kappa shape index (κ1) is 83.0. The zero-order valence-corrected chi connectivity index (χ0v) is 65.4. The number of fused-ring (bicyclic) bond motifs is 10. The second-order valence-corrected chi connectivity index (χ2v) is 35.4. The molecule has 568 valence electrons. The van der Waals surface area contributed by atoms with E-state index in [2.05, 4.69) is 103 Å². The first-order valence-corrected chi connectivity index (χ1v) is 42.2. The standard InChI is InChI=1S/2C42H79N5O2/c2*1-32(2)13-10-14-33(3)37-17-18-38-36-16-15-34-31-35(19-21-41(34,4)39(36)20-22-42(37,38)5)49-40(48)47(29-8-6-25-45-27-11-23-43)30-9-7-26-46-28-12-24-44/h2*15,32-33,35-39,45-46H,6-14,16-31,43-44H2,1-5H3/t2*33-,35?,36?,37-,38?,39?,41+,42-/m11/s1. The van der Waals surface area contributed by atoms with Gasteiger partial charge in [0.15, 0.2) is 0 Å². The van der Waals surface area contributed by atoms with Crippen LogP contribution in [0.2, 0.25) is 0 Å². The lowest BCUT2D eigenvalue weighted by atomic mass is 9.47. The molecule has 8 rings (SSSR count). The molecule has 12 N–H and O–H groups in total. The fraction of sp³-hybridized carbons (Fsp3) is 0.929. The van der Waals surface area contributed by atoms with Gasteiger partial charge in [-0.3, -0.25) is 0 Å². The summed E-state index contributed by atoms with van der Waals surface area (Å²) in [5, 5.41) is 13.9. The Balaban J connectivity index is 0.000000276. The molecule has 16 atom stereocenters. The third-order valence-corrected chi connectivity index (χ3v) is 27.9. The molecule has 0 radical (unpaired) electrons. The van der Waals surface area contributed by atoms with Crippen molar-refractivity contribution in [3.63, 3.8) is 0 Å². The predicted molar refractivity (Wildman–Crippen MR) is 413 cm³/mol. The molecule has 0 aromatic rings. The zero-order chi connectivity index (χ0) is 70.6. The van der Waals surface area contributed by atoms with Gasteiger partial charge in [-0.05, 0) is 338 Å². The summed E-state index contributed by atoms with van der Waals surface area (Å²) in [6.45, 7) is 39.0. The van der Waals surface area contributed by atoms with Crippen molar-refractivity contribution in [2.75, 3.05) is 105 Å². The highest BCUT2D eigenvalue weighted by Gasteiger charge is 2.61. The molecule has 0 aliphatic heterocycles. The Hall–Kier alpha value is -2.30. The van der Waals surface area contributed by atoms with E-state index in [0.29, 0.717) is 10.8 Å². The third kappa shape index (κ3) is 23.3. The second kappa shape index (κ2) is 42.6. The Labute approximate surface area is 602 Å². The van der Waals surface area contributed by atoms with Gasteiger partial charge in [-0.2, -0.15) is 0 Å². The highest BCUT2D eigenvalue weighted by atomic mass is 16.6. The Morgan fingerprint density at radius 3 is 1.06 bits per heavy atom. The molecule has 0 aromatic carbocycles. The summed E-state index contributed by atoms with van der Waals surface area (Å²) in [4.78, 5) is 31.3. The van der Waals surface area contributed by atoms with Gasteiger partial charge >= 0.3 is 12.2 Å². The van der Waals surface area contributed by atoms with Crippen LogP contribution in [0.15, 0.2) is 23.3 Å². The van der Waals surface area contributed by atoms with Gasteiger partial charge in [-0.25, -0.2) is 9.59 Å². The average Bonchev–Trinajstić information content (AvgIpc) is 1.38. The number of ether oxygens (including phenoxy) is 2. The Bertz CT molecular complexity index is 2130. The number of nitrogens with one attached hydrogen (secondary N) is 4. The summed E-state index contributed by atoms with van der Waals surface area (Å²) < 4.78 is 12.7. The lowest BCUT2D eigenvalue weighted by molar-refractivity contribution is -0.0593. The highest BCUT2D eigenvalue weighted by Crippen LogP contribution is 2.69. The molecule has 14 nitrogen and oxygen atoms in total. The molecule has 0 aromatic heterocycles. The van der Waals surface area contributed by atoms with Gasteiger partial charge in [0.1, 0.15) is 12.2 Å². The van der Waals surface area contributed by atoms with E-state index in [9.17, 15) is 9.59 Å². The molecule has 0 spiro atoms. The van der Waals surface area contributed by atoms with Crippen molar-refractivity contribution in [2.24, 2.45) is 116 Å². The van der Waals surface area contributed by atoms with E-state index in [4.69, 9.17) is 32.4 Å². The predicted octanol–water partition coefficient (Wildman–Crippen LogP) is 16.5. The van der Waals surface area contributed by atoms with Crippen molar-refractivity contribution < 1.29 is 19.1 Å². The molecule has 0 heterocycles. The first-order chi connectivity index (χ1) is 47.3. The van der Waals surface area contributed by atoms with Crippen LogP contribution in [0, 0.1) is 92.7 Å². The van der Waals surface area contributed by atoms with Crippen molar-refractivity contribution >= 4 is 12.2 Å². The maximum atomic E-state index is 13.7. The smallest absolute Gasteiger partial charge is 0.410 e. The van der Waals surface area contributed by atoms with E-state index in [0.717, 1.165) is 278 Å². The number of nitrogens with zero attached hydrogens (tertiary/aromatic N) is 2. The van der Waals surface area contributed by atoms with Gasteiger partial charge in [0.2, 0.25) is 0 Å². The summed E-state index contributed by atoms with van der Waals surface area (Å²) in [5.74, 6) is 10.2. The fourth-order valence-electron chi connectivity index (χ4n) is 22.1. The number of hydrogen-bond donors (Lipinski definition) is 8. The van der Waals surface area contributed by atoms with Crippen LogP contribution in [0.5, 0.6) is 0 Å². The van der Waals surface area contributed by atoms with Crippen molar-refractivity contribution in [3.05, 3.63) is 23.3 Å². The minimum absolute atomic E-state index is 0.0122. The number of allylic oxidation sites excluding steroid dienone is 2. The van der Waals surface area contributed by atoms with Crippen molar-refractivity contribution in [3.8, 4) is 0 Å². The van der Waals surface area contributed by atoms with E-state index >= 15 is 0 Å². The van der Waals surface area contributed by atoms with Crippen LogP contribution in [-0.2, 0) is 9.47 Å². The van der Waals surface area contributed by atoms with Crippen molar-refractivity contribution in [1.29, 1.82) is 0 Å². The highest BCUT2D eigenvalue weighted by molar-refractivity contribution is 5.68. The van der Waals surface area contributed by atoms with E-state index in [-0.39, 0.29) is 35.2 Å². The number of unbranched alkanes of at least 4 members (excludes halogenated alkanes) is 4. The quantitative estimate of drug-likeness (QED) is 0.0212. The number of amides is 2. The molecule has 98 heavy (non-hydrogen) atoms. The van der Waals surface area contributed by atoms with Crippen LogP contribution in [-0.4, -0.2) is 139 Å². The van der Waals surface area contributed by atoms with E-state index in [1.807, 2.05) is 9.80 Å². The number of carbonyl (C=O) groups excluding carboxylic acids is 2. The maximum Gasteiger partial charge on any atom is 0.410 e. The van der Waals surface area contributed by atoms with Gasteiger partial charge in [-0.1, -0.05) is 131 Å². The van der Waals surface area contributed by atoms with Crippen LogP contribution >= 0.6 is 0 Å². The molecule has 0 bridgehead atoms. The van der Waals surface area contributed by atoms with Crippen molar-refractivity contribution in [1.82, 2.24) is 31.1 Å². The molecule has 0 saturated heterocycles. The summed E-state index contributed by atoms with van der Waals surface area (Å²) >= 11 is 0. The number of carbonyl (C=O) groups is 2. The average molecular weight is 1370 g/mol. The summed E-state index contributed by atoms with van der Waals surface area (Å²) in [6.07, 6.45) is 45.8. The molecule has 8 unspecified atom stereocenters. The molecule has 8 aliphatic carbocycles. The van der Waals surface area contributed by atoms with Crippen molar-refractivity contribution in [2.45, 2.75) is 300 Å². The topological polar surface area (TPSA) is 211 Å². The minimum Gasteiger partial charge on any atom is -0.446 e. The lowest BCUT2D eigenvalue weighted by Crippen LogP contribution is -2.51. The maximum absolute atomic E-state index is 13.7. The summed E-state index contributed by atoms with van der Waals surface area (Å²) in [7, 11) is 0. The van der Waals surface area contributed by atoms with Gasteiger partial charge < -0.3 is 63.5 Å². The first-order valence-electron chi connectivity index (χ1n) is 42.2. The van der Waals surface area contributed by atoms with Crippen LogP contribution in [0.1, 0.15) is 288 Å². The summed E-state index contributed by atoms with van der Waals surface area (Å²) in [6, 6.07) is 0. The van der Waals surface area contributed by atoms with Crippen LogP contribution in [0.4, 0.5) is 9.59 Å². The fourth-order valence-corrected chi connectivity index (χ4v) is 22.1. The minimum atomic E-state index is -0.0944. The summed E-state index contributed by atoms with van der Waals surface area (Å²) in [5.41, 5.74) is 27.3. The Morgan fingerprint density at radius 2 is 0.745 bits per heavy atom. The van der Waals surface area contributed by atoms with Gasteiger partial charge in [-0.15, -0.1) is 0 Å². The number of hydrogen-bond acceptors (Lipinski definition) is 12. The second-order valence-electron chi connectivity index (χ2n) is 35.4. The van der Waals surface area contributed by atoms with Gasteiger partial charge in [0.05, 0.1) is 0 Å². The Morgan fingerprint density at radius 1 is 0.418 bits per heavy atom.